The van der Waals surface area contributed by atoms with Gasteiger partial charge in [0.1, 0.15) is 0 Å². The zero-order chi connectivity index (χ0) is 22.2. The molecule has 0 radical (unpaired) electrons. The van der Waals surface area contributed by atoms with Gasteiger partial charge in [-0.25, -0.2) is 14.6 Å². The predicted octanol–water partition coefficient (Wildman–Crippen LogP) is 3.46. The molecule has 3 aromatic heterocycles. The molecule has 0 saturated carbocycles. The van der Waals surface area contributed by atoms with Crippen molar-refractivity contribution in [2.75, 3.05) is 13.1 Å². The van der Waals surface area contributed by atoms with Gasteiger partial charge < -0.3 is 5.11 Å². The van der Waals surface area contributed by atoms with Gasteiger partial charge in [0.15, 0.2) is 5.65 Å². The first-order chi connectivity index (χ1) is 15.5. The number of halogens is 1. The Labute approximate surface area is 196 Å². The molecule has 170 valence electrons. The molecular weight excluding hydrogens is 442 g/mol. The van der Waals surface area contributed by atoms with E-state index in [4.69, 9.17) is 0 Å². The average Bonchev–Trinajstić information content (AvgIpc) is 3.36. The van der Waals surface area contributed by atoms with Crippen LogP contribution in [0.5, 0.6) is 0 Å². The van der Waals surface area contributed by atoms with Gasteiger partial charge in [0.05, 0.1) is 28.5 Å². The second-order valence-corrected chi connectivity index (χ2v) is 8.13. The van der Waals surface area contributed by atoms with E-state index < -0.39 is 5.97 Å². The highest BCUT2D eigenvalue weighted by molar-refractivity contribution is 5.88. The molecule has 4 aromatic rings. The van der Waals surface area contributed by atoms with Crippen LogP contribution in [0.4, 0.5) is 0 Å². The molecule has 1 aliphatic heterocycles. The van der Waals surface area contributed by atoms with Crippen molar-refractivity contribution in [3.05, 3.63) is 88.2 Å². The van der Waals surface area contributed by atoms with Gasteiger partial charge in [-0.1, -0.05) is 6.07 Å². The van der Waals surface area contributed by atoms with Crippen LogP contribution in [0.2, 0.25) is 0 Å². The maximum Gasteiger partial charge on any atom is 0.335 e. The summed E-state index contributed by atoms with van der Waals surface area (Å²) >= 11 is 0. The van der Waals surface area contributed by atoms with E-state index in [9.17, 15) is 14.7 Å². The zero-order valence-electron chi connectivity index (χ0n) is 18.1. The Bertz CT molecular complexity index is 1360. The highest BCUT2D eigenvalue weighted by Crippen LogP contribution is 2.26. The number of carbonyl (C=O) groups is 1. The minimum Gasteiger partial charge on any atom is -0.478 e. The fraction of sp³-hybridized carbons (Fsp3) is 0.250. The van der Waals surface area contributed by atoms with Gasteiger partial charge in [0.25, 0.3) is 0 Å². The molecule has 0 aliphatic carbocycles. The lowest BCUT2D eigenvalue weighted by molar-refractivity contribution is 0.0697. The molecule has 1 N–H and O–H groups in total. The van der Waals surface area contributed by atoms with Crippen LogP contribution in [0.25, 0.3) is 16.9 Å². The van der Waals surface area contributed by atoms with Crippen LogP contribution in [0.1, 0.15) is 34.1 Å². The second kappa shape index (κ2) is 9.17. The normalized spacial score (nSPS) is 16.1. The highest BCUT2D eigenvalue weighted by Gasteiger charge is 2.29. The standard InChI is InChI=1S/C24H23N5O3.ClH/c1-16-4-2-11-25-20(16)15-27-13-10-19(14-27)29-22-21(5-3-12-26-22)28(24(29)32)18-8-6-17(7-9-18)23(30)31;/h2-9,11-12,19H,10,13-15H2,1H3,(H,30,31);1H. The predicted molar refractivity (Wildman–Crippen MR) is 127 cm³/mol. The summed E-state index contributed by atoms with van der Waals surface area (Å²) in [6.45, 7) is 4.43. The molecule has 0 bridgehead atoms. The van der Waals surface area contributed by atoms with Crippen molar-refractivity contribution in [1.82, 2.24) is 24.0 Å². The number of rotatable bonds is 5. The zero-order valence-corrected chi connectivity index (χ0v) is 18.9. The number of likely N-dealkylation sites (tertiary alicyclic amines) is 1. The number of hydrogen-bond donors (Lipinski definition) is 1. The van der Waals surface area contributed by atoms with Crippen LogP contribution >= 0.6 is 12.4 Å². The van der Waals surface area contributed by atoms with Gasteiger partial charge in [-0.05, 0) is 61.4 Å². The van der Waals surface area contributed by atoms with Crippen molar-refractivity contribution in [3.8, 4) is 5.69 Å². The number of carboxylic acids is 1. The van der Waals surface area contributed by atoms with Crippen molar-refractivity contribution in [3.63, 3.8) is 0 Å². The summed E-state index contributed by atoms with van der Waals surface area (Å²) in [4.78, 5) is 36.1. The minimum absolute atomic E-state index is 0. The largest absolute Gasteiger partial charge is 0.478 e. The highest BCUT2D eigenvalue weighted by atomic mass is 35.5. The number of aryl methyl sites for hydroxylation is 1. The van der Waals surface area contributed by atoms with Crippen molar-refractivity contribution in [2.45, 2.75) is 25.9 Å². The third-order valence-electron chi connectivity index (χ3n) is 6.11. The van der Waals surface area contributed by atoms with Crippen molar-refractivity contribution in [2.24, 2.45) is 0 Å². The lowest BCUT2D eigenvalue weighted by atomic mass is 10.2. The number of benzene rings is 1. The van der Waals surface area contributed by atoms with Crippen molar-refractivity contribution < 1.29 is 9.90 Å². The third-order valence-corrected chi connectivity index (χ3v) is 6.11. The summed E-state index contributed by atoms with van der Waals surface area (Å²) in [5, 5.41) is 9.18. The summed E-state index contributed by atoms with van der Waals surface area (Å²) in [6, 6.07) is 14.0. The molecule has 1 saturated heterocycles. The molecule has 0 amide bonds. The molecule has 1 unspecified atom stereocenters. The molecule has 0 spiro atoms. The van der Waals surface area contributed by atoms with Crippen LogP contribution in [-0.2, 0) is 6.54 Å². The molecule has 4 heterocycles. The summed E-state index contributed by atoms with van der Waals surface area (Å²) in [5.74, 6) is -0.998. The van der Waals surface area contributed by atoms with Crippen molar-refractivity contribution in [1.29, 1.82) is 0 Å². The molecule has 5 rings (SSSR count). The van der Waals surface area contributed by atoms with E-state index in [-0.39, 0.29) is 29.7 Å². The lowest BCUT2D eigenvalue weighted by Crippen LogP contribution is -2.29. The molecule has 1 atom stereocenters. The SMILES string of the molecule is Cc1cccnc1CN1CCC(n2c(=O)n(-c3ccc(C(=O)O)cc3)c3cccnc32)C1.Cl. The van der Waals surface area contributed by atoms with Crippen LogP contribution < -0.4 is 5.69 Å². The third kappa shape index (κ3) is 4.15. The smallest absolute Gasteiger partial charge is 0.335 e. The summed E-state index contributed by atoms with van der Waals surface area (Å²) < 4.78 is 3.39. The summed E-state index contributed by atoms with van der Waals surface area (Å²) in [5.41, 5.74) is 4.20. The Morgan fingerprint density at radius 1 is 1.09 bits per heavy atom. The van der Waals surface area contributed by atoms with Crippen LogP contribution in [-0.4, -0.2) is 48.2 Å². The Morgan fingerprint density at radius 3 is 2.55 bits per heavy atom. The van der Waals surface area contributed by atoms with Crippen LogP contribution in [0, 0.1) is 6.92 Å². The Kier molecular flexibility index (Phi) is 6.31. The molecule has 1 aromatic carbocycles. The lowest BCUT2D eigenvalue weighted by Gasteiger charge is -2.17. The van der Waals surface area contributed by atoms with Crippen LogP contribution in [0.15, 0.2) is 65.7 Å². The van der Waals surface area contributed by atoms with E-state index in [2.05, 4.69) is 27.9 Å². The first-order valence-corrected chi connectivity index (χ1v) is 10.6. The van der Waals surface area contributed by atoms with E-state index in [1.54, 1.807) is 33.5 Å². The van der Waals surface area contributed by atoms with Gasteiger partial charge >= 0.3 is 11.7 Å². The molecular formula is C24H24ClN5O3. The number of aromatic carboxylic acids is 1. The molecule has 1 fully saturated rings. The maximum atomic E-state index is 13.6. The Balaban J connectivity index is 0.00000259. The van der Waals surface area contributed by atoms with Crippen molar-refractivity contribution >= 4 is 29.5 Å². The number of carboxylic acid groups (broad SMARTS) is 1. The number of fused-ring (bicyclic) bond motifs is 1. The average molecular weight is 466 g/mol. The Morgan fingerprint density at radius 2 is 1.82 bits per heavy atom. The minimum atomic E-state index is -0.998. The van der Waals surface area contributed by atoms with E-state index in [0.29, 0.717) is 16.9 Å². The quantitative estimate of drug-likeness (QED) is 0.485. The molecule has 1 aliphatic rings. The molecule has 9 heteroatoms. The molecule has 8 nitrogen and oxygen atoms in total. The van der Waals surface area contributed by atoms with Gasteiger partial charge in [-0.2, -0.15) is 0 Å². The van der Waals surface area contributed by atoms with Crippen LogP contribution in [0.3, 0.4) is 0 Å². The summed E-state index contributed by atoms with van der Waals surface area (Å²) in [6.07, 6.45) is 4.35. The fourth-order valence-corrected chi connectivity index (χ4v) is 4.44. The monoisotopic (exact) mass is 465 g/mol. The first kappa shape index (κ1) is 22.7. The topological polar surface area (TPSA) is 93.2 Å². The second-order valence-electron chi connectivity index (χ2n) is 8.13. The van der Waals surface area contributed by atoms with E-state index in [0.717, 1.165) is 37.3 Å². The fourth-order valence-electron chi connectivity index (χ4n) is 4.44. The van der Waals surface area contributed by atoms with Gasteiger partial charge in [-0.15, -0.1) is 12.4 Å². The number of hydrogen-bond acceptors (Lipinski definition) is 5. The maximum absolute atomic E-state index is 13.6. The summed E-state index contributed by atoms with van der Waals surface area (Å²) in [7, 11) is 0. The van der Waals surface area contributed by atoms with E-state index in [1.807, 2.05) is 18.3 Å². The van der Waals surface area contributed by atoms with E-state index in [1.165, 1.54) is 12.1 Å². The van der Waals surface area contributed by atoms with Gasteiger partial charge in [0, 0.05) is 32.0 Å². The number of nitrogens with zero attached hydrogens (tertiary/aromatic N) is 5. The van der Waals surface area contributed by atoms with Gasteiger partial charge in [0.2, 0.25) is 0 Å². The van der Waals surface area contributed by atoms with Gasteiger partial charge in [-0.3, -0.25) is 19.0 Å². The number of imidazole rings is 1. The molecule has 33 heavy (non-hydrogen) atoms. The number of pyridine rings is 2. The number of aromatic nitrogens is 4. The Hall–Kier alpha value is -3.49. The van der Waals surface area contributed by atoms with E-state index >= 15 is 0 Å². The first-order valence-electron chi connectivity index (χ1n) is 10.6.